The molecule has 0 aliphatic rings. The van der Waals surface area contributed by atoms with Gasteiger partial charge in [-0.05, 0) is 42.7 Å². The van der Waals surface area contributed by atoms with Gasteiger partial charge in [0.25, 0.3) is 5.91 Å². The van der Waals surface area contributed by atoms with E-state index in [0.29, 0.717) is 0 Å². The minimum Gasteiger partial charge on any atom is -0.453 e. The fourth-order valence-corrected chi connectivity index (χ4v) is 2.43. The highest BCUT2D eigenvalue weighted by molar-refractivity contribution is 5.95. The van der Waals surface area contributed by atoms with Gasteiger partial charge in [0.2, 0.25) is 0 Å². The van der Waals surface area contributed by atoms with Crippen molar-refractivity contribution in [2.24, 2.45) is 0 Å². The zero-order chi connectivity index (χ0) is 20.0. The Bertz CT molecular complexity index is 773. The van der Waals surface area contributed by atoms with E-state index in [1.54, 1.807) is 0 Å². The number of ether oxygens (including phenoxy) is 1. The molecule has 2 atom stereocenters. The molecule has 0 saturated heterocycles. The smallest absolute Gasteiger partial charge is 0.416 e. The van der Waals surface area contributed by atoms with Crippen LogP contribution in [0, 0.1) is 0 Å². The normalized spacial score (nSPS) is 13.5. The lowest BCUT2D eigenvalue weighted by atomic mass is 9.98. The highest BCUT2D eigenvalue weighted by Crippen LogP contribution is 2.29. The second-order valence-corrected chi connectivity index (χ2v) is 6.21. The summed E-state index contributed by atoms with van der Waals surface area (Å²) in [5, 5.41) is 2.43. The highest BCUT2D eigenvalue weighted by atomic mass is 19.4. The van der Waals surface area contributed by atoms with Gasteiger partial charge in [-0.2, -0.15) is 13.2 Å². The van der Waals surface area contributed by atoms with Gasteiger partial charge in [-0.25, -0.2) is 0 Å². The molecule has 4 nitrogen and oxygen atoms in total. The number of carbonyl (C=O) groups excluding carboxylic acids is 2. The Balaban J connectivity index is 1.87. The largest absolute Gasteiger partial charge is 0.453 e. The van der Waals surface area contributed by atoms with Crippen LogP contribution < -0.4 is 5.32 Å². The molecule has 0 aromatic heterocycles. The molecule has 0 aliphatic heterocycles. The molecule has 0 spiro atoms. The van der Waals surface area contributed by atoms with Gasteiger partial charge in [0.1, 0.15) is 0 Å². The first kappa shape index (κ1) is 20.5. The molecule has 0 aliphatic carbocycles. The molecule has 1 N–H and O–H groups in total. The summed E-state index contributed by atoms with van der Waals surface area (Å²) in [4.78, 5) is 24.1. The Kier molecular flexibility index (Phi) is 6.60. The van der Waals surface area contributed by atoms with Crippen LogP contribution >= 0.6 is 0 Å². The first-order valence-electron chi connectivity index (χ1n) is 8.39. The monoisotopic (exact) mass is 379 g/mol. The molecule has 144 valence electrons. The standard InChI is InChI=1S/C20H20F3NO3/c1-13(15-6-4-3-5-7-15)12-18(25)27-14(2)19(26)24-17-10-8-16(9-11-17)20(21,22)23/h3-11,13-14H,12H2,1-2H3,(H,24,26)/t13-,14-/m1/s1. The van der Waals surface area contributed by atoms with Crippen molar-refractivity contribution in [3.8, 4) is 0 Å². The van der Waals surface area contributed by atoms with E-state index in [2.05, 4.69) is 5.32 Å². The number of benzene rings is 2. The summed E-state index contributed by atoms with van der Waals surface area (Å²) in [5.74, 6) is -1.21. The first-order chi connectivity index (χ1) is 12.7. The van der Waals surface area contributed by atoms with Gasteiger partial charge in [0, 0.05) is 5.69 Å². The number of amides is 1. The Morgan fingerprint density at radius 1 is 1.00 bits per heavy atom. The van der Waals surface area contributed by atoms with Gasteiger partial charge < -0.3 is 10.1 Å². The van der Waals surface area contributed by atoms with Crippen LogP contribution in [0.25, 0.3) is 0 Å². The van der Waals surface area contributed by atoms with Gasteiger partial charge in [-0.1, -0.05) is 37.3 Å². The number of halogens is 3. The summed E-state index contributed by atoms with van der Waals surface area (Å²) in [7, 11) is 0. The summed E-state index contributed by atoms with van der Waals surface area (Å²) in [6, 6.07) is 13.5. The van der Waals surface area contributed by atoms with Crippen LogP contribution in [0.4, 0.5) is 18.9 Å². The molecule has 0 bridgehead atoms. The Labute approximate surface area is 155 Å². The predicted molar refractivity (Wildman–Crippen MR) is 95.1 cm³/mol. The molecule has 27 heavy (non-hydrogen) atoms. The van der Waals surface area contributed by atoms with Gasteiger partial charge >= 0.3 is 12.1 Å². The lowest BCUT2D eigenvalue weighted by Gasteiger charge is -2.16. The van der Waals surface area contributed by atoms with Crippen LogP contribution in [-0.4, -0.2) is 18.0 Å². The Morgan fingerprint density at radius 2 is 1.59 bits per heavy atom. The van der Waals surface area contributed by atoms with Gasteiger partial charge in [0.05, 0.1) is 12.0 Å². The van der Waals surface area contributed by atoms with Gasteiger partial charge in [0.15, 0.2) is 6.10 Å². The lowest BCUT2D eigenvalue weighted by Crippen LogP contribution is -2.30. The molecule has 0 heterocycles. The number of carbonyl (C=O) groups is 2. The number of hydrogen-bond donors (Lipinski definition) is 1. The predicted octanol–water partition coefficient (Wildman–Crippen LogP) is 4.77. The first-order valence-corrected chi connectivity index (χ1v) is 8.39. The van der Waals surface area contributed by atoms with Crippen molar-refractivity contribution in [1.29, 1.82) is 0 Å². The number of anilines is 1. The maximum absolute atomic E-state index is 12.5. The number of esters is 1. The van der Waals surface area contributed by atoms with Gasteiger partial charge in [-0.15, -0.1) is 0 Å². The summed E-state index contributed by atoms with van der Waals surface area (Å²) in [6.07, 6.45) is -5.40. The fourth-order valence-electron chi connectivity index (χ4n) is 2.43. The maximum Gasteiger partial charge on any atom is 0.416 e. The Hall–Kier alpha value is -2.83. The molecule has 2 rings (SSSR count). The third kappa shape index (κ3) is 6.13. The van der Waals surface area contributed by atoms with Crippen molar-refractivity contribution in [2.45, 2.75) is 38.5 Å². The van der Waals surface area contributed by atoms with Crippen molar-refractivity contribution in [1.82, 2.24) is 0 Å². The van der Waals surface area contributed by atoms with Crippen LogP contribution in [0.15, 0.2) is 54.6 Å². The lowest BCUT2D eigenvalue weighted by molar-refractivity contribution is -0.153. The molecule has 7 heteroatoms. The zero-order valence-electron chi connectivity index (χ0n) is 14.9. The molecule has 0 unspecified atom stereocenters. The van der Waals surface area contributed by atoms with Crippen LogP contribution in [-0.2, 0) is 20.5 Å². The molecular weight excluding hydrogens is 359 g/mol. The SMILES string of the molecule is C[C@H](CC(=O)O[C@H](C)C(=O)Nc1ccc(C(F)(F)F)cc1)c1ccccc1. The maximum atomic E-state index is 12.5. The van der Waals surface area contributed by atoms with Gasteiger partial charge in [-0.3, -0.25) is 9.59 Å². The van der Waals surface area contributed by atoms with E-state index in [1.807, 2.05) is 37.3 Å². The summed E-state index contributed by atoms with van der Waals surface area (Å²) in [6.45, 7) is 3.29. The number of rotatable bonds is 6. The van der Waals surface area contributed by atoms with E-state index in [1.165, 1.54) is 6.92 Å². The summed E-state index contributed by atoms with van der Waals surface area (Å²) in [5.41, 5.74) is 0.361. The average Bonchev–Trinajstić information content (AvgIpc) is 2.62. The minimum absolute atomic E-state index is 0.0659. The van der Waals surface area contributed by atoms with Crippen molar-refractivity contribution >= 4 is 17.6 Å². The van der Waals surface area contributed by atoms with E-state index in [9.17, 15) is 22.8 Å². The molecule has 2 aromatic carbocycles. The number of hydrogen-bond acceptors (Lipinski definition) is 3. The van der Waals surface area contributed by atoms with Crippen LogP contribution in [0.1, 0.15) is 37.3 Å². The molecule has 0 saturated carbocycles. The summed E-state index contributed by atoms with van der Waals surface area (Å²) < 4.78 is 42.7. The van der Waals surface area contributed by atoms with Crippen LogP contribution in [0.3, 0.4) is 0 Å². The molecular formula is C20H20F3NO3. The third-order valence-corrected chi connectivity index (χ3v) is 4.00. The topological polar surface area (TPSA) is 55.4 Å². The molecule has 1 amide bonds. The van der Waals surface area contributed by atoms with E-state index in [0.717, 1.165) is 29.8 Å². The molecule has 0 fully saturated rings. The minimum atomic E-state index is -4.44. The summed E-state index contributed by atoms with van der Waals surface area (Å²) >= 11 is 0. The van der Waals surface area contributed by atoms with Crippen molar-refractivity contribution < 1.29 is 27.5 Å². The molecule has 0 radical (unpaired) electrons. The Morgan fingerprint density at radius 3 is 2.15 bits per heavy atom. The fraction of sp³-hybridized carbons (Fsp3) is 0.300. The van der Waals surface area contributed by atoms with Crippen molar-refractivity contribution in [3.63, 3.8) is 0 Å². The van der Waals surface area contributed by atoms with E-state index in [4.69, 9.17) is 4.74 Å². The van der Waals surface area contributed by atoms with Crippen LogP contribution in [0.2, 0.25) is 0 Å². The second-order valence-electron chi connectivity index (χ2n) is 6.21. The van der Waals surface area contributed by atoms with E-state index < -0.39 is 29.7 Å². The number of nitrogens with one attached hydrogen (secondary N) is 1. The highest BCUT2D eigenvalue weighted by Gasteiger charge is 2.30. The van der Waals surface area contributed by atoms with Crippen LogP contribution in [0.5, 0.6) is 0 Å². The van der Waals surface area contributed by atoms with Crippen molar-refractivity contribution in [3.05, 3.63) is 65.7 Å². The second kappa shape index (κ2) is 8.70. The third-order valence-electron chi connectivity index (χ3n) is 4.00. The van der Waals surface area contributed by atoms with E-state index in [-0.39, 0.29) is 18.0 Å². The van der Waals surface area contributed by atoms with Crippen molar-refractivity contribution in [2.75, 3.05) is 5.32 Å². The van der Waals surface area contributed by atoms with E-state index >= 15 is 0 Å². The average molecular weight is 379 g/mol. The quantitative estimate of drug-likeness (QED) is 0.736. The molecule has 2 aromatic rings. The zero-order valence-corrected chi connectivity index (χ0v) is 14.9. The number of alkyl halides is 3.